The Morgan fingerprint density at radius 1 is 1.13 bits per heavy atom. The summed E-state index contributed by atoms with van der Waals surface area (Å²) in [5.41, 5.74) is -0.144. The molecule has 126 valence electrons. The van der Waals surface area contributed by atoms with Gasteiger partial charge in [-0.05, 0) is 75.0 Å². The van der Waals surface area contributed by atoms with Gasteiger partial charge in [0.2, 0.25) is 0 Å². The van der Waals surface area contributed by atoms with E-state index in [1.165, 1.54) is 18.4 Å². The number of hydrogen-bond donors (Lipinski definition) is 2. The molecular formula is C20H29NO2. The molecule has 4 aliphatic carbocycles. The number of rotatable bonds is 0. The number of nitrogens with zero attached hydrogens (tertiary/aromatic N) is 1. The van der Waals surface area contributed by atoms with Gasteiger partial charge in [0.05, 0.1) is 17.8 Å². The molecule has 0 aliphatic heterocycles. The van der Waals surface area contributed by atoms with Gasteiger partial charge in [-0.3, -0.25) is 0 Å². The molecule has 5 unspecified atom stereocenters. The lowest BCUT2D eigenvalue weighted by molar-refractivity contribution is -0.152. The van der Waals surface area contributed by atoms with Crippen molar-refractivity contribution in [3.05, 3.63) is 11.6 Å². The second kappa shape index (κ2) is 5.07. The van der Waals surface area contributed by atoms with Crippen LogP contribution in [0.2, 0.25) is 0 Å². The highest BCUT2D eigenvalue weighted by atomic mass is 16.3. The van der Waals surface area contributed by atoms with Gasteiger partial charge in [-0.2, -0.15) is 5.26 Å². The normalized spacial score (nSPS) is 52.4. The monoisotopic (exact) mass is 315 g/mol. The maximum Gasteiger partial charge on any atom is 0.104 e. The van der Waals surface area contributed by atoms with Gasteiger partial charge in [0.15, 0.2) is 0 Å². The molecule has 0 aromatic heterocycles. The van der Waals surface area contributed by atoms with Crippen LogP contribution in [-0.4, -0.2) is 21.9 Å². The van der Waals surface area contributed by atoms with Gasteiger partial charge in [0.25, 0.3) is 0 Å². The summed E-state index contributed by atoms with van der Waals surface area (Å²) >= 11 is 0. The zero-order valence-electron chi connectivity index (χ0n) is 14.2. The van der Waals surface area contributed by atoms with E-state index in [1.54, 1.807) is 0 Å². The summed E-state index contributed by atoms with van der Waals surface area (Å²) in [6, 6.07) is 2.57. The summed E-state index contributed by atoms with van der Waals surface area (Å²) in [7, 11) is 0. The smallest absolute Gasteiger partial charge is 0.104 e. The number of aliphatic hydroxyl groups is 2. The molecule has 23 heavy (non-hydrogen) atoms. The van der Waals surface area contributed by atoms with E-state index in [9.17, 15) is 15.5 Å². The topological polar surface area (TPSA) is 64.2 Å². The van der Waals surface area contributed by atoms with Crippen LogP contribution in [0.15, 0.2) is 11.6 Å². The lowest BCUT2D eigenvalue weighted by Gasteiger charge is -2.55. The fourth-order valence-corrected chi connectivity index (χ4v) is 6.47. The van der Waals surface area contributed by atoms with E-state index in [0.717, 1.165) is 44.9 Å². The first-order chi connectivity index (χ1) is 10.9. The molecule has 0 aromatic rings. The first kappa shape index (κ1) is 15.7. The van der Waals surface area contributed by atoms with Gasteiger partial charge >= 0.3 is 0 Å². The summed E-state index contributed by atoms with van der Waals surface area (Å²) in [5, 5.41) is 32.0. The van der Waals surface area contributed by atoms with E-state index in [2.05, 4.69) is 19.1 Å². The van der Waals surface area contributed by atoms with Crippen molar-refractivity contribution in [3.63, 3.8) is 0 Å². The Labute approximate surface area is 139 Å². The molecule has 3 nitrogen and oxygen atoms in total. The van der Waals surface area contributed by atoms with Gasteiger partial charge < -0.3 is 10.2 Å². The van der Waals surface area contributed by atoms with Crippen LogP contribution >= 0.6 is 0 Å². The van der Waals surface area contributed by atoms with E-state index in [4.69, 9.17) is 0 Å². The molecule has 3 fully saturated rings. The molecule has 4 rings (SSSR count). The molecule has 4 aliphatic rings. The highest BCUT2D eigenvalue weighted by Crippen LogP contribution is 2.65. The summed E-state index contributed by atoms with van der Waals surface area (Å²) in [5.74, 6) is 0.719. The third-order valence-electron chi connectivity index (χ3n) is 7.87. The first-order valence-corrected chi connectivity index (χ1v) is 9.46. The largest absolute Gasteiger partial charge is 0.393 e. The van der Waals surface area contributed by atoms with E-state index in [0.29, 0.717) is 12.3 Å². The van der Waals surface area contributed by atoms with E-state index in [-0.39, 0.29) is 17.4 Å². The van der Waals surface area contributed by atoms with Gasteiger partial charge in [-0.15, -0.1) is 0 Å². The molecule has 0 heterocycles. The van der Waals surface area contributed by atoms with Crippen molar-refractivity contribution in [2.45, 2.75) is 82.8 Å². The first-order valence-electron chi connectivity index (χ1n) is 9.46. The molecule has 0 aromatic carbocycles. The van der Waals surface area contributed by atoms with Gasteiger partial charge in [-0.25, -0.2) is 0 Å². The van der Waals surface area contributed by atoms with Crippen LogP contribution in [0.4, 0.5) is 0 Å². The molecule has 0 saturated heterocycles. The van der Waals surface area contributed by atoms with Crippen molar-refractivity contribution >= 4 is 0 Å². The number of fused-ring (bicyclic) bond motifs is 4. The standard InChI is InChI=1S/C20H29NO2/c1-18-7-2-3-17(18)20(23)8-6-14-4-5-16(22)11-15(14)12-19(20,13-21)10-9-18/h12,14,16-17,22-23H,2-11H2,1H3/t14?,16?,17?,18?,19?,20-/m0/s1. The van der Waals surface area contributed by atoms with Crippen LogP contribution in [0.1, 0.15) is 71.1 Å². The van der Waals surface area contributed by atoms with Crippen LogP contribution in [0, 0.1) is 34.0 Å². The van der Waals surface area contributed by atoms with Crippen LogP contribution in [0.25, 0.3) is 0 Å². The Morgan fingerprint density at radius 2 is 1.96 bits per heavy atom. The number of hydrogen-bond acceptors (Lipinski definition) is 3. The Balaban J connectivity index is 1.80. The lowest BCUT2D eigenvalue weighted by Crippen LogP contribution is -2.58. The molecule has 3 heteroatoms. The summed E-state index contributed by atoms with van der Waals surface area (Å²) in [4.78, 5) is 0. The molecule has 6 atom stereocenters. The second-order valence-corrected chi connectivity index (χ2v) is 9.00. The van der Waals surface area contributed by atoms with Gasteiger partial charge in [-0.1, -0.05) is 25.0 Å². The van der Waals surface area contributed by atoms with Crippen LogP contribution in [0.3, 0.4) is 0 Å². The van der Waals surface area contributed by atoms with E-state index in [1.807, 2.05) is 0 Å². The molecule has 0 spiro atoms. The molecule has 0 bridgehead atoms. The van der Waals surface area contributed by atoms with Gasteiger partial charge in [0.1, 0.15) is 5.41 Å². The zero-order chi connectivity index (χ0) is 16.3. The fraction of sp³-hybridized carbons (Fsp3) is 0.850. The predicted octanol–water partition coefficient (Wildman–Crippen LogP) is 3.71. The number of aliphatic hydroxyl groups excluding tert-OH is 1. The maximum atomic E-state index is 11.8. The summed E-state index contributed by atoms with van der Waals surface area (Å²) in [6.45, 7) is 2.33. The molecular weight excluding hydrogens is 286 g/mol. The Morgan fingerprint density at radius 3 is 2.74 bits per heavy atom. The van der Waals surface area contributed by atoms with Crippen molar-refractivity contribution in [3.8, 4) is 6.07 Å². The van der Waals surface area contributed by atoms with Crippen LogP contribution in [-0.2, 0) is 0 Å². The maximum absolute atomic E-state index is 11.8. The highest BCUT2D eigenvalue weighted by molar-refractivity contribution is 5.33. The third-order valence-corrected chi connectivity index (χ3v) is 7.87. The van der Waals surface area contributed by atoms with Crippen molar-refractivity contribution < 1.29 is 10.2 Å². The van der Waals surface area contributed by atoms with E-state index < -0.39 is 11.0 Å². The number of nitriles is 1. The van der Waals surface area contributed by atoms with Crippen molar-refractivity contribution in [2.24, 2.45) is 22.7 Å². The minimum absolute atomic E-state index is 0.211. The highest BCUT2D eigenvalue weighted by Gasteiger charge is 2.64. The van der Waals surface area contributed by atoms with E-state index >= 15 is 0 Å². The Bertz CT molecular complexity index is 579. The molecule has 0 radical (unpaired) electrons. The fourth-order valence-electron chi connectivity index (χ4n) is 6.47. The second-order valence-electron chi connectivity index (χ2n) is 9.00. The third kappa shape index (κ3) is 2.07. The van der Waals surface area contributed by atoms with Crippen molar-refractivity contribution in [2.75, 3.05) is 0 Å². The minimum Gasteiger partial charge on any atom is -0.393 e. The molecule has 0 amide bonds. The summed E-state index contributed by atoms with van der Waals surface area (Å²) in [6.07, 6.45) is 11.4. The Hall–Kier alpha value is -0.850. The quantitative estimate of drug-likeness (QED) is 0.670. The molecule has 3 saturated carbocycles. The SMILES string of the molecule is CC12CCCC1[C@@]1(O)CCC3CCC(O)CC3=CC1(C#N)CC2. The van der Waals surface area contributed by atoms with Crippen LogP contribution < -0.4 is 0 Å². The molecule has 2 N–H and O–H groups in total. The van der Waals surface area contributed by atoms with Crippen LogP contribution in [0.5, 0.6) is 0 Å². The average Bonchev–Trinajstić information content (AvgIpc) is 2.87. The zero-order valence-corrected chi connectivity index (χ0v) is 14.2. The summed E-state index contributed by atoms with van der Waals surface area (Å²) < 4.78 is 0. The van der Waals surface area contributed by atoms with Gasteiger partial charge in [0, 0.05) is 0 Å². The van der Waals surface area contributed by atoms with Crippen molar-refractivity contribution in [1.82, 2.24) is 0 Å². The lowest BCUT2D eigenvalue weighted by atomic mass is 9.51. The Kier molecular flexibility index (Phi) is 3.45. The average molecular weight is 315 g/mol. The minimum atomic E-state index is -0.874. The van der Waals surface area contributed by atoms with Crippen molar-refractivity contribution in [1.29, 1.82) is 5.26 Å². The predicted molar refractivity (Wildman–Crippen MR) is 88.3 cm³/mol.